The number of hydrogen-bond acceptors (Lipinski definition) is 2. The van der Waals surface area contributed by atoms with Crippen molar-refractivity contribution in [2.24, 2.45) is 0 Å². The second kappa shape index (κ2) is 8.38. The SMILES string of the molecule is O=C(NCCCCCCI)c1ccncc1F. The van der Waals surface area contributed by atoms with Crippen LogP contribution in [-0.4, -0.2) is 21.9 Å². The number of hydrogen-bond donors (Lipinski definition) is 1. The van der Waals surface area contributed by atoms with Crippen molar-refractivity contribution < 1.29 is 9.18 Å². The van der Waals surface area contributed by atoms with E-state index in [2.05, 4.69) is 32.9 Å². The van der Waals surface area contributed by atoms with Gasteiger partial charge in [0.1, 0.15) is 0 Å². The molecule has 94 valence electrons. The third kappa shape index (κ3) is 5.43. The van der Waals surface area contributed by atoms with E-state index < -0.39 is 5.82 Å². The Morgan fingerprint density at radius 1 is 1.35 bits per heavy atom. The molecule has 0 bridgehead atoms. The van der Waals surface area contributed by atoms with Gasteiger partial charge in [0.15, 0.2) is 5.82 Å². The molecular formula is C12H16FIN2O. The normalized spacial score (nSPS) is 10.2. The first-order valence-electron chi connectivity index (χ1n) is 5.69. The Kier molecular flexibility index (Phi) is 7.07. The van der Waals surface area contributed by atoms with Gasteiger partial charge in [-0.2, -0.15) is 0 Å². The maximum Gasteiger partial charge on any atom is 0.254 e. The fraction of sp³-hybridized carbons (Fsp3) is 0.500. The molecular weight excluding hydrogens is 334 g/mol. The van der Waals surface area contributed by atoms with E-state index in [-0.39, 0.29) is 11.5 Å². The molecule has 17 heavy (non-hydrogen) atoms. The van der Waals surface area contributed by atoms with Gasteiger partial charge in [-0.25, -0.2) is 4.39 Å². The summed E-state index contributed by atoms with van der Waals surface area (Å²) in [5, 5.41) is 2.71. The van der Waals surface area contributed by atoms with Crippen LogP contribution in [0.4, 0.5) is 4.39 Å². The summed E-state index contributed by atoms with van der Waals surface area (Å²) in [6.45, 7) is 0.599. The molecule has 0 radical (unpaired) electrons. The van der Waals surface area contributed by atoms with E-state index in [4.69, 9.17) is 0 Å². The van der Waals surface area contributed by atoms with E-state index in [0.29, 0.717) is 6.54 Å². The molecule has 0 saturated heterocycles. The van der Waals surface area contributed by atoms with Gasteiger partial charge in [0, 0.05) is 12.7 Å². The van der Waals surface area contributed by atoms with Crippen molar-refractivity contribution in [2.75, 3.05) is 11.0 Å². The lowest BCUT2D eigenvalue weighted by Crippen LogP contribution is -2.25. The Morgan fingerprint density at radius 3 is 2.82 bits per heavy atom. The van der Waals surface area contributed by atoms with Crippen LogP contribution in [0.5, 0.6) is 0 Å². The zero-order chi connectivity index (χ0) is 12.5. The Labute approximate surface area is 114 Å². The van der Waals surface area contributed by atoms with E-state index in [9.17, 15) is 9.18 Å². The first kappa shape index (κ1) is 14.3. The predicted molar refractivity (Wildman–Crippen MR) is 73.9 cm³/mol. The van der Waals surface area contributed by atoms with Crippen molar-refractivity contribution in [1.29, 1.82) is 0 Å². The highest BCUT2D eigenvalue weighted by Gasteiger charge is 2.09. The zero-order valence-electron chi connectivity index (χ0n) is 9.59. The number of carbonyl (C=O) groups excluding carboxylic acids is 1. The molecule has 1 rings (SSSR count). The molecule has 0 fully saturated rings. The molecule has 0 aliphatic heterocycles. The molecule has 1 N–H and O–H groups in total. The second-order valence-corrected chi connectivity index (χ2v) is 4.79. The van der Waals surface area contributed by atoms with Gasteiger partial charge in [-0.05, 0) is 23.3 Å². The molecule has 1 aromatic rings. The minimum atomic E-state index is -0.574. The highest BCUT2D eigenvalue weighted by molar-refractivity contribution is 14.1. The number of alkyl halides is 1. The van der Waals surface area contributed by atoms with Crippen molar-refractivity contribution >= 4 is 28.5 Å². The molecule has 3 nitrogen and oxygen atoms in total. The summed E-state index contributed by atoms with van der Waals surface area (Å²) in [6, 6.07) is 1.39. The minimum absolute atomic E-state index is 0.0623. The molecule has 1 amide bonds. The van der Waals surface area contributed by atoms with Crippen LogP contribution < -0.4 is 5.32 Å². The fourth-order valence-corrected chi connectivity index (χ4v) is 1.97. The highest BCUT2D eigenvalue weighted by Crippen LogP contribution is 2.05. The molecule has 1 heterocycles. The summed E-state index contributed by atoms with van der Waals surface area (Å²) in [5.41, 5.74) is 0.0623. The van der Waals surface area contributed by atoms with Crippen LogP contribution in [-0.2, 0) is 0 Å². The molecule has 0 unspecified atom stereocenters. The van der Waals surface area contributed by atoms with Crippen LogP contribution in [0.3, 0.4) is 0 Å². The van der Waals surface area contributed by atoms with E-state index >= 15 is 0 Å². The monoisotopic (exact) mass is 350 g/mol. The summed E-state index contributed by atoms with van der Waals surface area (Å²) in [4.78, 5) is 15.2. The summed E-state index contributed by atoms with van der Waals surface area (Å²) in [7, 11) is 0. The number of pyridine rings is 1. The number of carbonyl (C=O) groups is 1. The molecule has 5 heteroatoms. The lowest BCUT2D eigenvalue weighted by molar-refractivity contribution is 0.0948. The van der Waals surface area contributed by atoms with Gasteiger partial charge >= 0.3 is 0 Å². The molecule has 0 aliphatic rings. The Balaban J connectivity index is 2.24. The maximum absolute atomic E-state index is 13.2. The van der Waals surface area contributed by atoms with Crippen LogP contribution >= 0.6 is 22.6 Å². The number of aromatic nitrogens is 1. The lowest BCUT2D eigenvalue weighted by Gasteiger charge is -2.05. The topological polar surface area (TPSA) is 42.0 Å². The van der Waals surface area contributed by atoms with Gasteiger partial charge in [-0.1, -0.05) is 35.4 Å². The average Bonchev–Trinajstić information content (AvgIpc) is 2.34. The Morgan fingerprint density at radius 2 is 2.12 bits per heavy atom. The first-order chi connectivity index (χ1) is 8.25. The van der Waals surface area contributed by atoms with Gasteiger partial charge in [-0.15, -0.1) is 0 Å². The van der Waals surface area contributed by atoms with E-state index in [1.807, 2.05) is 0 Å². The van der Waals surface area contributed by atoms with Gasteiger partial charge in [0.25, 0.3) is 5.91 Å². The largest absolute Gasteiger partial charge is 0.352 e. The van der Waals surface area contributed by atoms with Crippen molar-refractivity contribution in [3.05, 3.63) is 29.8 Å². The number of nitrogens with zero attached hydrogens (tertiary/aromatic N) is 1. The van der Waals surface area contributed by atoms with E-state index in [1.54, 1.807) is 0 Å². The van der Waals surface area contributed by atoms with Crippen LogP contribution in [0, 0.1) is 5.82 Å². The van der Waals surface area contributed by atoms with Crippen LogP contribution in [0.2, 0.25) is 0 Å². The quantitative estimate of drug-likeness (QED) is 0.467. The number of unbranched alkanes of at least 4 members (excludes halogenated alkanes) is 3. The lowest BCUT2D eigenvalue weighted by atomic mass is 10.2. The third-order valence-electron chi connectivity index (χ3n) is 2.36. The fourth-order valence-electron chi connectivity index (χ4n) is 1.43. The summed E-state index contributed by atoms with van der Waals surface area (Å²) >= 11 is 2.35. The predicted octanol–water partition coefficient (Wildman–Crippen LogP) is 2.95. The Bertz CT molecular complexity index is 360. The molecule has 0 saturated carbocycles. The number of nitrogens with one attached hydrogen (secondary N) is 1. The van der Waals surface area contributed by atoms with E-state index in [0.717, 1.165) is 19.0 Å². The van der Waals surface area contributed by atoms with Gasteiger partial charge in [0.2, 0.25) is 0 Å². The van der Waals surface area contributed by atoms with Crippen molar-refractivity contribution in [2.45, 2.75) is 25.7 Å². The Hall–Kier alpha value is -0.720. The van der Waals surface area contributed by atoms with Gasteiger partial charge in [-0.3, -0.25) is 9.78 Å². The van der Waals surface area contributed by atoms with Crippen molar-refractivity contribution in [3.8, 4) is 0 Å². The summed E-state index contributed by atoms with van der Waals surface area (Å²) in [6.07, 6.45) is 6.90. The molecule has 0 aliphatic carbocycles. The smallest absolute Gasteiger partial charge is 0.254 e. The minimum Gasteiger partial charge on any atom is -0.352 e. The first-order valence-corrected chi connectivity index (χ1v) is 7.22. The third-order valence-corrected chi connectivity index (χ3v) is 3.13. The second-order valence-electron chi connectivity index (χ2n) is 3.71. The molecule has 1 aromatic heterocycles. The number of amides is 1. The van der Waals surface area contributed by atoms with Crippen molar-refractivity contribution in [3.63, 3.8) is 0 Å². The molecule has 0 aromatic carbocycles. The number of halogens is 2. The van der Waals surface area contributed by atoms with Crippen LogP contribution in [0.25, 0.3) is 0 Å². The summed E-state index contributed by atoms with van der Waals surface area (Å²) < 4.78 is 14.4. The molecule has 0 atom stereocenters. The molecule has 0 spiro atoms. The standard InChI is InChI=1S/C12H16FIN2O/c13-11-9-15-8-5-10(11)12(17)16-7-4-2-1-3-6-14/h5,8-9H,1-4,6-7H2,(H,16,17). The summed E-state index contributed by atoms with van der Waals surface area (Å²) in [5.74, 6) is -0.936. The van der Waals surface area contributed by atoms with Crippen molar-refractivity contribution in [1.82, 2.24) is 10.3 Å². The van der Waals surface area contributed by atoms with Gasteiger partial charge in [0.05, 0.1) is 11.8 Å². The van der Waals surface area contributed by atoms with Gasteiger partial charge < -0.3 is 5.32 Å². The van der Waals surface area contributed by atoms with Crippen LogP contribution in [0.1, 0.15) is 36.0 Å². The zero-order valence-corrected chi connectivity index (χ0v) is 11.7. The maximum atomic E-state index is 13.2. The average molecular weight is 350 g/mol. The highest BCUT2D eigenvalue weighted by atomic mass is 127. The van der Waals surface area contributed by atoms with Crippen LogP contribution in [0.15, 0.2) is 18.5 Å². The van der Waals surface area contributed by atoms with E-state index in [1.165, 1.54) is 29.5 Å². The number of rotatable bonds is 7.